The molecule has 2 N–H and O–H groups in total. The predicted octanol–water partition coefficient (Wildman–Crippen LogP) is 3.77. The lowest BCUT2D eigenvalue weighted by atomic mass is 9.47. The van der Waals surface area contributed by atoms with Crippen LogP contribution in [0, 0.1) is 28.6 Å². The zero-order valence-corrected chi connectivity index (χ0v) is 16.9. The van der Waals surface area contributed by atoms with Gasteiger partial charge in [-0.2, -0.15) is 0 Å². The van der Waals surface area contributed by atoms with Crippen LogP contribution in [0.3, 0.4) is 0 Å². The highest BCUT2D eigenvalue weighted by molar-refractivity contribution is 6.01. The monoisotopic (exact) mass is 374 g/mol. The van der Waals surface area contributed by atoms with Crippen molar-refractivity contribution in [2.24, 2.45) is 28.6 Å². The molecule has 0 spiro atoms. The summed E-state index contributed by atoms with van der Waals surface area (Å²) in [7, 11) is 0. The number of ketones is 1. The van der Waals surface area contributed by atoms with E-state index in [2.05, 4.69) is 26.8 Å². The number of hydrogen-bond acceptors (Lipinski definition) is 4. The van der Waals surface area contributed by atoms with E-state index in [4.69, 9.17) is 4.74 Å². The number of aliphatic hydroxyl groups excluding tert-OH is 2. The molecule has 3 saturated carbocycles. The van der Waals surface area contributed by atoms with Crippen LogP contribution in [0.15, 0.2) is 23.8 Å². The van der Waals surface area contributed by atoms with Crippen molar-refractivity contribution in [3.05, 3.63) is 23.8 Å². The predicted molar refractivity (Wildman–Crippen MR) is 104 cm³/mol. The normalized spacial score (nSPS) is 47.1. The molecule has 1 unspecified atom stereocenters. The van der Waals surface area contributed by atoms with Crippen LogP contribution >= 0.6 is 0 Å². The van der Waals surface area contributed by atoms with Gasteiger partial charge in [0.15, 0.2) is 12.1 Å². The van der Waals surface area contributed by atoms with Crippen molar-refractivity contribution in [3.8, 4) is 0 Å². The summed E-state index contributed by atoms with van der Waals surface area (Å²) in [6.07, 6.45) is 10.9. The molecule has 0 heterocycles. The summed E-state index contributed by atoms with van der Waals surface area (Å²) >= 11 is 0. The van der Waals surface area contributed by atoms with Crippen molar-refractivity contribution in [2.75, 3.05) is 0 Å². The van der Waals surface area contributed by atoms with Gasteiger partial charge in [-0.15, -0.1) is 0 Å². The molecule has 0 aromatic heterocycles. The molecule has 4 aliphatic carbocycles. The summed E-state index contributed by atoms with van der Waals surface area (Å²) in [5.74, 6) is 1.19. The number of hydrogen-bond donors (Lipinski definition) is 2. The van der Waals surface area contributed by atoms with E-state index in [9.17, 15) is 15.0 Å². The van der Waals surface area contributed by atoms with E-state index in [1.54, 1.807) is 12.2 Å². The van der Waals surface area contributed by atoms with Gasteiger partial charge in [-0.1, -0.05) is 38.8 Å². The molecule has 150 valence electrons. The van der Waals surface area contributed by atoms with Gasteiger partial charge in [0.05, 0.1) is 12.2 Å². The summed E-state index contributed by atoms with van der Waals surface area (Å²) in [5, 5.41) is 21.3. The van der Waals surface area contributed by atoms with Crippen LogP contribution < -0.4 is 0 Å². The molecule has 4 heteroatoms. The van der Waals surface area contributed by atoms with E-state index < -0.39 is 6.29 Å². The number of aliphatic hydroxyl groups is 2. The summed E-state index contributed by atoms with van der Waals surface area (Å²) in [4.78, 5) is 11.9. The Morgan fingerprint density at radius 3 is 2.85 bits per heavy atom. The standard InChI is InChI=1S/C23H34O4/c1-4-5-20(26)27-16-11-18-17-7-6-14-10-15(24)8-9-23(14,3)21(17)19(25)13-22(18,2)12-16/h8-10,16-21,25-26H,4-7,11-13H2,1-3H3/t16-,17+,18+,19+,20?,21-,22+,23+/m1/s1. The first-order valence-corrected chi connectivity index (χ1v) is 10.7. The minimum atomic E-state index is -0.671. The molecule has 0 aromatic carbocycles. The number of fused-ring (bicyclic) bond motifs is 5. The molecule has 27 heavy (non-hydrogen) atoms. The van der Waals surface area contributed by atoms with Crippen molar-refractivity contribution in [1.29, 1.82) is 0 Å². The Labute approximate surface area is 162 Å². The van der Waals surface area contributed by atoms with Gasteiger partial charge in [0, 0.05) is 11.3 Å². The highest BCUT2D eigenvalue weighted by Gasteiger charge is 2.60. The molecular formula is C23H34O4. The lowest BCUT2D eigenvalue weighted by Crippen LogP contribution is -2.54. The maximum absolute atomic E-state index is 11.9. The molecular weight excluding hydrogens is 340 g/mol. The molecule has 0 aromatic rings. The van der Waals surface area contributed by atoms with Crippen molar-refractivity contribution in [3.63, 3.8) is 0 Å². The minimum absolute atomic E-state index is 0.0724. The molecule has 0 radical (unpaired) electrons. The van der Waals surface area contributed by atoms with Gasteiger partial charge in [0.1, 0.15) is 0 Å². The van der Waals surface area contributed by atoms with E-state index in [1.807, 2.05) is 0 Å². The Hall–Kier alpha value is -0.970. The Balaban J connectivity index is 1.58. The zero-order chi connectivity index (χ0) is 19.4. The minimum Gasteiger partial charge on any atom is -0.393 e. The number of carbonyl (C=O) groups is 1. The van der Waals surface area contributed by atoms with Gasteiger partial charge in [0.2, 0.25) is 0 Å². The maximum Gasteiger partial charge on any atom is 0.178 e. The van der Waals surface area contributed by atoms with Crippen LogP contribution in [0.1, 0.15) is 65.7 Å². The Morgan fingerprint density at radius 1 is 1.33 bits per heavy atom. The van der Waals surface area contributed by atoms with Crippen LogP contribution in [0.4, 0.5) is 0 Å². The van der Waals surface area contributed by atoms with Crippen molar-refractivity contribution in [2.45, 2.75) is 84.2 Å². The number of rotatable bonds is 4. The summed E-state index contributed by atoms with van der Waals surface area (Å²) in [6.45, 7) is 6.57. The molecule has 0 aliphatic heterocycles. The molecule has 0 saturated heterocycles. The van der Waals surface area contributed by atoms with E-state index >= 15 is 0 Å². The smallest absolute Gasteiger partial charge is 0.178 e. The summed E-state index contributed by atoms with van der Waals surface area (Å²) in [5.41, 5.74) is 1.06. The van der Waals surface area contributed by atoms with Crippen molar-refractivity contribution >= 4 is 5.78 Å². The second kappa shape index (κ2) is 6.82. The first-order valence-electron chi connectivity index (χ1n) is 10.7. The second-order valence-corrected chi connectivity index (χ2v) is 9.89. The van der Waals surface area contributed by atoms with Crippen LogP contribution in [0.2, 0.25) is 0 Å². The SMILES string of the molecule is CCCC(O)O[C@@H]1C[C@H]2[C@@H]3CCC4=CC(=O)C=C[C@]4(C)[C@H]3[C@@H](O)C[C@]2(C)C1. The van der Waals surface area contributed by atoms with Gasteiger partial charge >= 0.3 is 0 Å². The molecule has 3 fully saturated rings. The third kappa shape index (κ3) is 3.14. The molecule has 4 nitrogen and oxygen atoms in total. The van der Waals surface area contributed by atoms with Crippen LogP contribution in [0.25, 0.3) is 0 Å². The first-order chi connectivity index (χ1) is 12.8. The number of allylic oxidation sites excluding steroid dienone is 4. The third-order valence-electron chi connectivity index (χ3n) is 8.10. The number of carbonyl (C=O) groups excluding carboxylic acids is 1. The zero-order valence-electron chi connectivity index (χ0n) is 16.9. The highest BCUT2D eigenvalue weighted by Crippen LogP contribution is 2.64. The lowest BCUT2D eigenvalue weighted by molar-refractivity contribution is -0.139. The Kier molecular flexibility index (Phi) is 4.89. The molecule has 0 amide bonds. The van der Waals surface area contributed by atoms with Crippen LogP contribution in [-0.4, -0.2) is 34.5 Å². The van der Waals surface area contributed by atoms with Gasteiger partial charge in [-0.05, 0) is 67.9 Å². The number of ether oxygens (including phenoxy) is 1. The Bertz CT molecular complexity index is 667. The average molecular weight is 375 g/mol. The largest absolute Gasteiger partial charge is 0.393 e. The van der Waals surface area contributed by atoms with Crippen LogP contribution in [0.5, 0.6) is 0 Å². The average Bonchev–Trinajstić information content (AvgIpc) is 2.90. The van der Waals surface area contributed by atoms with Crippen molar-refractivity contribution in [1.82, 2.24) is 0 Å². The molecule has 4 aliphatic rings. The topological polar surface area (TPSA) is 66.8 Å². The maximum atomic E-state index is 11.9. The van der Waals surface area contributed by atoms with Gasteiger partial charge < -0.3 is 14.9 Å². The van der Waals surface area contributed by atoms with Crippen LogP contribution in [-0.2, 0) is 9.53 Å². The van der Waals surface area contributed by atoms with Gasteiger partial charge in [-0.25, -0.2) is 0 Å². The third-order valence-corrected chi connectivity index (χ3v) is 8.10. The fraction of sp³-hybridized carbons (Fsp3) is 0.783. The second-order valence-electron chi connectivity index (χ2n) is 9.89. The molecule has 4 rings (SSSR count). The van der Waals surface area contributed by atoms with E-state index in [0.29, 0.717) is 18.3 Å². The van der Waals surface area contributed by atoms with Gasteiger partial charge in [-0.3, -0.25) is 4.79 Å². The Morgan fingerprint density at radius 2 is 2.11 bits per heavy atom. The quantitative estimate of drug-likeness (QED) is 0.735. The summed E-state index contributed by atoms with van der Waals surface area (Å²) < 4.78 is 5.97. The van der Waals surface area contributed by atoms with E-state index in [1.165, 1.54) is 5.57 Å². The van der Waals surface area contributed by atoms with Crippen molar-refractivity contribution < 1.29 is 19.7 Å². The summed E-state index contributed by atoms with van der Waals surface area (Å²) in [6, 6.07) is 0. The first kappa shape index (κ1) is 19.4. The fourth-order valence-corrected chi connectivity index (χ4v) is 6.98. The fourth-order valence-electron chi connectivity index (χ4n) is 6.98. The van der Waals surface area contributed by atoms with Gasteiger partial charge in [0.25, 0.3) is 0 Å². The molecule has 0 bridgehead atoms. The van der Waals surface area contributed by atoms with E-state index in [0.717, 1.165) is 38.5 Å². The lowest BCUT2D eigenvalue weighted by Gasteiger charge is -2.57. The highest BCUT2D eigenvalue weighted by atomic mass is 16.6. The molecule has 8 atom stereocenters. The van der Waals surface area contributed by atoms with E-state index in [-0.39, 0.29) is 34.7 Å².